The highest BCUT2D eigenvalue weighted by Gasteiger charge is 2.46. The van der Waals surface area contributed by atoms with Gasteiger partial charge in [-0.05, 0) is 50.4 Å². The van der Waals surface area contributed by atoms with Crippen molar-refractivity contribution in [2.24, 2.45) is 17.6 Å². The first-order chi connectivity index (χ1) is 14.3. The molecule has 3 N–H and O–H groups in total. The molecule has 2 aliphatic heterocycles. The number of likely N-dealkylation sites (tertiary alicyclic amines) is 1. The van der Waals surface area contributed by atoms with Gasteiger partial charge in [0.05, 0.1) is 6.61 Å². The molecule has 3 rings (SSSR count). The SMILES string of the molecule is CCOC(=O)NCC1C=[N+](C)C(c2ccc(C)c(Cl)c2)=[N+](C)C1N1CCC(CN)C1. The first-order valence-electron chi connectivity index (χ1n) is 10.6. The molecule has 1 saturated heterocycles. The van der Waals surface area contributed by atoms with E-state index in [0.29, 0.717) is 25.6 Å². The van der Waals surface area contributed by atoms with Crippen LogP contribution in [-0.4, -0.2) is 85.2 Å². The van der Waals surface area contributed by atoms with Gasteiger partial charge < -0.3 is 15.8 Å². The average molecular weight is 436 g/mol. The second-order valence-corrected chi connectivity index (χ2v) is 8.63. The van der Waals surface area contributed by atoms with E-state index in [1.54, 1.807) is 0 Å². The number of nitrogens with one attached hydrogen (secondary N) is 1. The van der Waals surface area contributed by atoms with Crippen molar-refractivity contribution < 1.29 is 18.7 Å². The minimum Gasteiger partial charge on any atom is -0.450 e. The summed E-state index contributed by atoms with van der Waals surface area (Å²) in [7, 11) is 4.16. The molecule has 30 heavy (non-hydrogen) atoms. The Labute approximate surface area is 184 Å². The molecule has 1 fully saturated rings. The van der Waals surface area contributed by atoms with Gasteiger partial charge in [0.15, 0.2) is 6.21 Å². The van der Waals surface area contributed by atoms with E-state index in [0.717, 1.165) is 41.5 Å². The third-order valence-electron chi connectivity index (χ3n) is 6.08. The van der Waals surface area contributed by atoms with Crippen molar-refractivity contribution in [3.05, 3.63) is 34.3 Å². The second kappa shape index (κ2) is 9.90. The number of nitrogens with zero attached hydrogens (tertiary/aromatic N) is 3. The lowest BCUT2D eigenvalue weighted by molar-refractivity contribution is -0.620. The minimum absolute atomic E-state index is 0.102. The van der Waals surface area contributed by atoms with E-state index >= 15 is 0 Å². The van der Waals surface area contributed by atoms with Gasteiger partial charge in [-0.1, -0.05) is 17.7 Å². The quantitative estimate of drug-likeness (QED) is 0.667. The summed E-state index contributed by atoms with van der Waals surface area (Å²) in [6.07, 6.45) is 3.02. The predicted octanol–water partition coefficient (Wildman–Crippen LogP) is 1.73. The molecule has 7 nitrogen and oxygen atoms in total. The maximum Gasteiger partial charge on any atom is 0.446 e. The van der Waals surface area contributed by atoms with Crippen molar-refractivity contribution in [2.75, 3.05) is 46.9 Å². The fourth-order valence-corrected chi connectivity index (χ4v) is 4.77. The van der Waals surface area contributed by atoms with Gasteiger partial charge in [0.2, 0.25) is 6.17 Å². The number of amides is 1. The molecule has 0 aliphatic carbocycles. The number of carbonyl (C=O) groups is 1. The van der Waals surface area contributed by atoms with Gasteiger partial charge in [0.1, 0.15) is 25.6 Å². The number of amidine groups is 1. The van der Waals surface area contributed by atoms with Crippen LogP contribution in [0.4, 0.5) is 4.79 Å². The third-order valence-corrected chi connectivity index (χ3v) is 6.48. The normalized spacial score (nSPS) is 24.7. The molecule has 3 atom stereocenters. The number of rotatable bonds is 6. The number of aryl methyl sites for hydroxylation is 1. The molecule has 1 amide bonds. The fraction of sp³-hybridized carbons (Fsp3) is 0.591. The van der Waals surface area contributed by atoms with Gasteiger partial charge >= 0.3 is 11.9 Å². The molecule has 8 heteroatoms. The van der Waals surface area contributed by atoms with E-state index < -0.39 is 0 Å². The van der Waals surface area contributed by atoms with Crippen LogP contribution >= 0.6 is 11.6 Å². The van der Waals surface area contributed by atoms with Crippen LogP contribution in [0.5, 0.6) is 0 Å². The van der Waals surface area contributed by atoms with Crippen LogP contribution in [-0.2, 0) is 4.74 Å². The van der Waals surface area contributed by atoms with Gasteiger partial charge in [0.25, 0.3) is 0 Å². The minimum atomic E-state index is -0.378. The van der Waals surface area contributed by atoms with Crippen LogP contribution in [0.25, 0.3) is 0 Å². The molecule has 164 valence electrons. The molecule has 0 saturated carbocycles. The second-order valence-electron chi connectivity index (χ2n) is 8.22. The van der Waals surface area contributed by atoms with Crippen molar-refractivity contribution in [3.63, 3.8) is 0 Å². The Kier molecular flexibility index (Phi) is 7.50. The van der Waals surface area contributed by atoms with Crippen molar-refractivity contribution in [2.45, 2.75) is 26.4 Å². The van der Waals surface area contributed by atoms with Crippen molar-refractivity contribution in [1.82, 2.24) is 10.2 Å². The topological polar surface area (TPSA) is 73.6 Å². The van der Waals surface area contributed by atoms with Crippen molar-refractivity contribution in [1.29, 1.82) is 0 Å². The summed E-state index contributed by atoms with van der Waals surface area (Å²) in [6, 6.07) is 6.18. The van der Waals surface area contributed by atoms with Gasteiger partial charge in [0, 0.05) is 24.7 Å². The number of halogens is 1. The first kappa shape index (κ1) is 22.7. The van der Waals surface area contributed by atoms with Gasteiger partial charge in [-0.25, -0.2) is 9.69 Å². The Hall–Kier alpha value is -1.96. The van der Waals surface area contributed by atoms with Crippen LogP contribution in [0, 0.1) is 18.8 Å². The Bertz CT molecular complexity index is 854. The summed E-state index contributed by atoms with van der Waals surface area (Å²) in [4.78, 5) is 14.4. The van der Waals surface area contributed by atoms with Crippen LogP contribution in [0.1, 0.15) is 24.5 Å². The Balaban J connectivity index is 1.94. The lowest BCUT2D eigenvalue weighted by atomic mass is 10.0. The average Bonchev–Trinajstić information content (AvgIpc) is 3.17. The number of carbonyl (C=O) groups excluding carboxylic acids is 1. The van der Waals surface area contributed by atoms with Crippen LogP contribution in [0.3, 0.4) is 0 Å². The predicted molar refractivity (Wildman–Crippen MR) is 120 cm³/mol. The summed E-state index contributed by atoms with van der Waals surface area (Å²) >= 11 is 6.43. The summed E-state index contributed by atoms with van der Waals surface area (Å²) in [5.41, 5.74) is 8.08. The molecule has 0 aromatic heterocycles. The Morgan fingerprint density at radius 2 is 2.17 bits per heavy atom. The van der Waals surface area contributed by atoms with E-state index in [2.05, 4.69) is 44.8 Å². The zero-order valence-corrected chi connectivity index (χ0v) is 19.2. The Morgan fingerprint density at radius 3 is 2.80 bits per heavy atom. The van der Waals surface area contributed by atoms with Crippen LogP contribution in [0.15, 0.2) is 18.2 Å². The molecular weight excluding hydrogens is 402 g/mol. The van der Waals surface area contributed by atoms with E-state index in [1.807, 2.05) is 27.0 Å². The lowest BCUT2D eigenvalue weighted by Gasteiger charge is -2.30. The smallest absolute Gasteiger partial charge is 0.446 e. The molecule has 1 aromatic carbocycles. The monoisotopic (exact) mass is 435 g/mol. The molecule has 0 spiro atoms. The molecule has 3 unspecified atom stereocenters. The zero-order valence-electron chi connectivity index (χ0n) is 18.4. The number of nitrogens with two attached hydrogens (primary N) is 1. The van der Waals surface area contributed by atoms with Gasteiger partial charge in [-0.2, -0.15) is 4.58 Å². The zero-order chi connectivity index (χ0) is 21.8. The molecule has 1 aromatic rings. The lowest BCUT2D eigenvalue weighted by Crippen LogP contribution is -2.56. The highest BCUT2D eigenvalue weighted by molar-refractivity contribution is 6.31. The van der Waals surface area contributed by atoms with E-state index in [9.17, 15) is 4.79 Å². The molecular formula is C22H34ClN5O2+2. The number of benzene rings is 1. The standard InChI is InChI=1S/C22H33ClN5O2/c1-5-30-22(29)25-12-18-14-26(3)20(17-7-6-15(2)19(23)10-17)27(4)21(18)28-9-8-16(11-24)13-28/h6-7,10,14,16,18,21H,5,8-9,11-13,24H2,1-4H3/q+1/p+1. The number of alkyl carbamates (subject to hydrolysis) is 1. The summed E-state index contributed by atoms with van der Waals surface area (Å²) < 4.78 is 9.49. The number of ether oxygens (including phenoxy) is 1. The number of hydrogen-bond donors (Lipinski definition) is 2. The highest BCUT2D eigenvalue weighted by atomic mass is 35.5. The largest absolute Gasteiger partial charge is 0.450 e. The van der Waals surface area contributed by atoms with Crippen molar-refractivity contribution in [3.8, 4) is 0 Å². The molecule has 0 radical (unpaired) electrons. The van der Waals surface area contributed by atoms with E-state index in [1.165, 1.54) is 0 Å². The maximum absolute atomic E-state index is 11.9. The molecule has 2 heterocycles. The van der Waals surface area contributed by atoms with Gasteiger partial charge in [-0.3, -0.25) is 0 Å². The van der Waals surface area contributed by atoms with Crippen molar-refractivity contribution >= 4 is 29.7 Å². The molecule has 0 bridgehead atoms. The summed E-state index contributed by atoms with van der Waals surface area (Å²) in [5.74, 6) is 1.70. The summed E-state index contributed by atoms with van der Waals surface area (Å²) in [5, 5.41) is 3.67. The Morgan fingerprint density at radius 1 is 1.40 bits per heavy atom. The van der Waals surface area contributed by atoms with Crippen LogP contribution < -0.4 is 11.1 Å². The molecule has 2 aliphatic rings. The van der Waals surface area contributed by atoms with Gasteiger partial charge in [-0.15, -0.1) is 4.58 Å². The summed E-state index contributed by atoms with van der Waals surface area (Å²) in [6.45, 7) is 7.33. The highest BCUT2D eigenvalue weighted by Crippen LogP contribution is 2.25. The maximum atomic E-state index is 11.9. The number of hydrogen-bond acceptors (Lipinski definition) is 4. The first-order valence-corrected chi connectivity index (χ1v) is 11.0. The van der Waals surface area contributed by atoms with Crippen LogP contribution in [0.2, 0.25) is 5.02 Å². The third kappa shape index (κ3) is 4.85. The van der Waals surface area contributed by atoms with E-state index in [-0.39, 0.29) is 18.2 Å². The van der Waals surface area contributed by atoms with E-state index in [4.69, 9.17) is 22.1 Å². The fourth-order valence-electron chi connectivity index (χ4n) is 4.59.